The lowest BCUT2D eigenvalue weighted by Crippen LogP contribution is -2.08. The van der Waals surface area contributed by atoms with E-state index in [4.69, 9.17) is 16.3 Å². The SMILES string of the molecule is CCc1cc(Oc2nnc(C)c(C)c2C(=O)O)ccc1Cl. The molecular weight excluding hydrogens is 292 g/mol. The molecule has 0 aliphatic heterocycles. The first-order valence-corrected chi connectivity index (χ1v) is 6.85. The Kier molecular flexibility index (Phi) is 4.43. The fourth-order valence-electron chi connectivity index (χ4n) is 1.91. The minimum Gasteiger partial charge on any atom is -0.477 e. The molecule has 0 bridgehead atoms. The van der Waals surface area contributed by atoms with E-state index in [9.17, 15) is 9.90 Å². The van der Waals surface area contributed by atoms with Gasteiger partial charge in [-0.15, -0.1) is 5.10 Å². The predicted octanol–water partition coefficient (Wildman–Crippen LogP) is 3.80. The molecule has 0 unspecified atom stereocenters. The van der Waals surface area contributed by atoms with E-state index in [2.05, 4.69) is 10.2 Å². The van der Waals surface area contributed by atoms with Crippen molar-refractivity contribution in [1.29, 1.82) is 0 Å². The zero-order chi connectivity index (χ0) is 15.6. The van der Waals surface area contributed by atoms with Crippen LogP contribution in [-0.4, -0.2) is 21.3 Å². The molecule has 0 fully saturated rings. The maximum Gasteiger partial charge on any atom is 0.341 e. The van der Waals surface area contributed by atoms with Gasteiger partial charge in [0.2, 0.25) is 0 Å². The van der Waals surface area contributed by atoms with Gasteiger partial charge in [0.05, 0.1) is 5.69 Å². The van der Waals surface area contributed by atoms with Gasteiger partial charge in [0.1, 0.15) is 11.3 Å². The number of aromatic carboxylic acids is 1. The Bertz CT molecular complexity index is 702. The van der Waals surface area contributed by atoms with Crippen LogP contribution in [0.1, 0.15) is 34.1 Å². The van der Waals surface area contributed by atoms with E-state index in [1.54, 1.807) is 32.0 Å². The second kappa shape index (κ2) is 6.10. The number of carboxylic acid groups (broad SMARTS) is 1. The Morgan fingerprint density at radius 1 is 1.33 bits per heavy atom. The quantitative estimate of drug-likeness (QED) is 0.930. The van der Waals surface area contributed by atoms with Crippen molar-refractivity contribution in [2.75, 3.05) is 0 Å². The van der Waals surface area contributed by atoms with Crippen LogP contribution in [0.25, 0.3) is 0 Å². The van der Waals surface area contributed by atoms with Crippen molar-refractivity contribution in [3.8, 4) is 11.6 Å². The minimum absolute atomic E-state index is 0.0185. The van der Waals surface area contributed by atoms with Gasteiger partial charge in [-0.3, -0.25) is 0 Å². The van der Waals surface area contributed by atoms with Gasteiger partial charge in [-0.2, -0.15) is 5.10 Å². The molecule has 0 aliphatic rings. The van der Waals surface area contributed by atoms with Crippen LogP contribution in [0, 0.1) is 13.8 Å². The molecule has 0 saturated heterocycles. The number of ether oxygens (including phenoxy) is 1. The molecule has 1 N–H and O–H groups in total. The Morgan fingerprint density at radius 3 is 2.67 bits per heavy atom. The summed E-state index contributed by atoms with van der Waals surface area (Å²) in [5.41, 5.74) is 2.04. The number of aromatic nitrogens is 2. The van der Waals surface area contributed by atoms with E-state index in [0.717, 1.165) is 12.0 Å². The first-order chi connectivity index (χ1) is 9.93. The van der Waals surface area contributed by atoms with E-state index in [-0.39, 0.29) is 11.4 Å². The van der Waals surface area contributed by atoms with E-state index < -0.39 is 5.97 Å². The van der Waals surface area contributed by atoms with Crippen LogP contribution in [0.3, 0.4) is 0 Å². The van der Waals surface area contributed by atoms with E-state index in [1.807, 2.05) is 6.92 Å². The van der Waals surface area contributed by atoms with Gasteiger partial charge in [-0.25, -0.2) is 4.79 Å². The monoisotopic (exact) mass is 306 g/mol. The van der Waals surface area contributed by atoms with Gasteiger partial charge in [0.15, 0.2) is 0 Å². The third kappa shape index (κ3) is 3.13. The summed E-state index contributed by atoms with van der Waals surface area (Å²) in [6, 6.07) is 5.15. The topological polar surface area (TPSA) is 72.3 Å². The molecule has 5 nitrogen and oxygen atoms in total. The number of aryl methyl sites for hydroxylation is 2. The largest absolute Gasteiger partial charge is 0.477 e. The van der Waals surface area contributed by atoms with Crippen LogP contribution >= 0.6 is 11.6 Å². The summed E-state index contributed by atoms with van der Waals surface area (Å²) in [6.07, 6.45) is 0.750. The lowest BCUT2D eigenvalue weighted by atomic mass is 10.1. The highest BCUT2D eigenvalue weighted by atomic mass is 35.5. The van der Waals surface area contributed by atoms with Crippen LogP contribution < -0.4 is 4.74 Å². The van der Waals surface area contributed by atoms with Crippen LogP contribution in [0.2, 0.25) is 5.02 Å². The van der Waals surface area contributed by atoms with Gasteiger partial charge >= 0.3 is 5.97 Å². The van der Waals surface area contributed by atoms with Crippen molar-refractivity contribution in [3.63, 3.8) is 0 Å². The molecule has 1 aromatic heterocycles. The van der Waals surface area contributed by atoms with Crippen molar-refractivity contribution < 1.29 is 14.6 Å². The molecule has 0 radical (unpaired) electrons. The summed E-state index contributed by atoms with van der Waals surface area (Å²) in [4.78, 5) is 11.4. The standard InChI is InChI=1S/C15H15ClN2O3/c1-4-10-7-11(5-6-12(10)16)21-14-13(15(19)20)8(2)9(3)17-18-14/h5-7H,4H2,1-3H3,(H,19,20). The van der Waals surface area contributed by atoms with Gasteiger partial charge < -0.3 is 9.84 Å². The molecule has 21 heavy (non-hydrogen) atoms. The van der Waals surface area contributed by atoms with Gasteiger partial charge in [-0.05, 0) is 49.6 Å². The highest BCUT2D eigenvalue weighted by Crippen LogP contribution is 2.29. The normalized spacial score (nSPS) is 10.5. The van der Waals surface area contributed by atoms with Gasteiger partial charge in [0, 0.05) is 5.02 Å². The maximum atomic E-state index is 11.4. The lowest BCUT2D eigenvalue weighted by molar-refractivity contribution is 0.0692. The Hall–Kier alpha value is -2.14. The van der Waals surface area contributed by atoms with Crippen molar-refractivity contribution in [3.05, 3.63) is 45.6 Å². The third-order valence-electron chi connectivity index (χ3n) is 3.25. The lowest BCUT2D eigenvalue weighted by Gasteiger charge is -2.11. The average molecular weight is 307 g/mol. The van der Waals surface area contributed by atoms with Crippen LogP contribution in [0.15, 0.2) is 18.2 Å². The van der Waals surface area contributed by atoms with Gasteiger partial charge in [-0.1, -0.05) is 18.5 Å². The summed E-state index contributed by atoms with van der Waals surface area (Å²) in [6.45, 7) is 5.36. The maximum absolute atomic E-state index is 11.4. The number of halogens is 1. The van der Waals surface area contributed by atoms with E-state index >= 15 is 0 Å². The fourth-order valence-corrected chi connectivity index (χ4v) is 2.16. The van der Waals surface area contributed by atoms with Crippen molar-refractivity contribution in [2.24, 2.45) is 0 Å². The third-order valence-corrected chi connectivity index (χ3v) is 3.62. The molecule has 2 rings (SSSR count). The summed E-state index contributed by atoms with van der Waals surface area (Å²) >= 11 is 6.05. The summed E-state index contributed by atoms with van der Waals surface area (Å²) < 4.78 is 5.59. The minimum atomic E-state index is -1.09. The molecule has 6 heteroatoms. The molecule has 0 saturated carbocycles. The molecule has 110 valence electrons. The van der Waals surface area contributed by atoms with Crippen molar-refractivity contribution in [2.45, 2.75) is 27.2 Å². The number of carboxylic acids is 1. The zero-order valence-corrected chi connectivity index (χ0v) is 12.7. The zero-order valence-electron chi connectivity index (χ0n) is 12.0. The summed E-state index contributed by atoms with van der Waals surface area (Å²) in [5, 5.41) is 17.7. The van der Waals surface area contributed by atoms with Crippen LogP contribution in [-0.2, 0) is 6.42 Å². The number of carbonyl (C=O) groups is 1. The van der Waals surface area contributed by atoms with Crippen molar-refractivity contribution >= 4 is 17.6 Å². The molecule has 2 aromatic rings. The van der Waals surface area contributed by atoms with E-state index in [0.29, 0.717) is 22.0 Å². The Morgan fingerprint density at radius 2 is 2.05 bits per heavy atom. The Labute approximate surface area is 127 Å². The fraction of sp³-hybridized carbons (Fsp3) is 0.267. The predicted molar refractivity (Wildman–Crippen MR) is 79.4 cm³/mol. The van der Waals surface area contributed by atoms with Crippen LogP contribution in [0.5, 0.6) is 11.6 Å². The smallest absolute Gasteiger partial charge is 0.341 e. The highest BCUT2D eigenvalue weighted by Gasteiger charge is 2.19. The molecular formula is C15H15ClN2O3. The average Bonchev–Trinajstić information content (AvgIpc) is 2.44. The Balaban J connectivity index is 2.44. The molecule has 1 aromatic carbocycles. The highest BCUT2D eigenvalue weighted by molar-refractivity contribution is 6.31. The molecule has 1 heterocycles. The first-order valence-electron chi connectivity index (χ1n) is 6.47. The molecule has 0 aliphatic carbocycles. The molecule has 0 spiro atoms. The second-order valence-electron chi connectivity index (χ2n) is 4.60. The second-order valence-corrected chi connectivity index (χ2v) is 5.01. The number of hydrogen-bond acceptors (Lipinski definition) is 4. The number of benzene rings is 1. The van der Waals surface area contributed by atoms with Crippen molar-refractivity contribution in [1.82, 2.24) is 10.2 Å². The summed E-state index contributed by atoms with van der Waals surface area (Å²) in [5.74, 6) is -0.628. The number of rotatable bonds is 4. The van der Waals surface area contributed by atoms with E-state index in [1.165, 1.54) is 0 Å². The first kappa shape index (κ1) is 15.3. The van der Waals surface area contributed by atoms with Gasteiger partial charge in [0.25, 0.3) is 5.88 Å². The van der Waals surface area contributed by atoms with Crippen LogP contribution in [0.4, 0.5) is 0 Å². The molecule has 0 atom stereocenters. The summed E-state index contributed by atoms with van der Waals surface area (Å²) in [7, 11) is 0. The number of hydrogen-bond donors (Lipinski definition) is 1. The number of nitrogens with zero attached hydrogens (tertiary/aromatic N) is 2. The molecule has 0 amide bonds.